The van der Waals surface area contributed by atoms with E-state index in [-0.39, 0.29) is 16.4 Å². The summed E-state index contributed by atoms with van der Waals surface area (Å²) in [6, 6.07) is 8.16. The molecule has 1 aliphatic rings. The lowest BCUT2D eigenvalue weighted by atomic mass is 10.1. The van der Waals surface area contributed by atoms with Crippen molar-refractivity contribution in [2.75, 3.05) is 11.1 Å². The Balaban J connectivity index is 1.94. The van der Waals surface area contributed by atoms with E-state index in [4.69, 9.17) is 0 Å². The average Bonchev–Trinajstić information content (AvgIpc) is 2.67. The normalized spacial score (nSPS) is 19.1. The molecule has 0 bridgehead atoms. The van der Waals surface area contributed by atoms with Crippen molar-refractivity contribution in [3.05, 3.63) is 29.8 Å². The van der Waals surface area contributed by atoms with Gasteiger partial charge in [0.25, 0.3) is 5.24 Å². The Morgan fingerprint density at radius 1 is 1.28 bits per heavy atom. The lowest BCUT2D eigenvalue weighted by Gasteiger charge is -2.06. The van der Waals surface area contributed by atoms with Crippen LogP contribution in [-0.2, 0) is 11.2 Å². The first kappa shape index (κ1) is 14.0. The second-order valence-corrected chi connectivity index (χ2v) is 6.91. The monoisotopic (exact) mass is 345 g/mol. The maximum absolute atomic E-state index is 11.4. The molecule has 1 N–H and O–H groups in total. The van der Waals surface area contributed by atoms with Crippen molar-refractivity contribution in [2.24, 2.45) is 0 Å². The van der Waals surface area contributed by atoms with E-state index in [0.717, 1.165) is 28.4 Å². The maximum Gasteiger partial charge on any atom is 0.286 e. The number of hydrogen-bond donors (Lipinski definition) is 1. The van der Waals surface area contributed by atoms with Gasteiger partial charge in [0.2, 0.25) is 5.91 Å². The van der Waals surface area contributed by atoms with Gasteiger partial charge in [0.1, 0.15) is 0 Å². The summed E-state index contributed by atoms with van der Waals surface area (Å²) in [6.45, 7) is 0. The van der Waals surface area contributed by atoms with E-state index in [2.05, 4.69) is 33.4 Å². The highest BCUT2D eigenvalue weighted by molar-refractivity contribution is 9.09. The van der Waals surface area contributed by atoms with Gasteiger partial charge in [0.05, 0.1) is 5.25 Å². The third-order valence-electron chi connectivity index (χ3n) is 2.46. The van der Waals surface area contributed by atoms with Crippen LogP contribution in [0.1, 0.15) is 5.56 Å². The van der Waals surface area contributed by atoms with Gasteiger partial charge >= 0.3 is 0 Å². The molecule has 1 aliphatic heterocycles. The van der Waals surface area contributed by atoms with E-state index in [0.29, 0.717) is 6.42 Å². The average molecular weight is 346 g/mol. The van der Waals surface area contributed by atoms with Crippen LogP contribution in [0.5, 0.6) is 0 Å². The highest BCUT2D eigenvalue weighted by Crippen LogP contribution is 2.24. The zero-order valence-corrected chi connectivity index (χ0v) is 12.7. The molecular formula is C12H12BrNO2S2. The second kappa shape index (κ2) is 6.63. The molecule has 0 aromatic heterocycles. The molecule has 2 amide bonds. The lowest BCUT2D eigenvalue weighted by molar-refractivity contribution is -0.118. The van der Waals surface area contributed by atoms with Crippen molar-refractivity contribution in [2.45, 2.75) is 16.6 Å². The summed E-state index contributed by atoms with van der Waals surface area (Å²) in [5, 5.41) is 2.75. The van der Waals surface area contributed by atoms with Crippen molar-refractivity contribution in [3.63, 3.8) is 0 Å². The van der Waals surface area contributed by atoms with Crippen molar-refractivity contribution < 1.29 is 9.59 Å². The zero-order chi connectivity index (χ0) is 13.0. The first-order chi connectivity index (χ1) is 8.69. The van der Waals surface area contributed by atoms with Crippen LogP contribution in [-0.4, -0.2) is 27.5 Å². The molecule has 0 radical (unpaired) electrons. The molecule has 1 heterocycles. The van der Waals surface area contributed by atoms with Crippen LogP contribution in [0.3, 0.4) is 0 Å². The first-order valence-electron chi connectivity index (χ1n) is 5.48. The van der Waals surface area contributed by atoms with Gasteiger partial charge in [0.15, 0.2) is 0 Å². The standard InChI is InChI=1S/C12H12BrNO2S2/c13-5-6-17-9-3-1-8(2-4-9)7-10-11(15)14-12(16)18-10/h1-4,10H,5-7H2,(H,14,15,16). The van der Waals surface area contributed by atoms with Crippen LogP contribution in [0.15, 0.2) is 29.2 Å². The molecule has 0 spiro atoms. The number of alkyl halides is 1. The molecule has 1 fully saturated rings. The summed E-state index contributed by atoms with van der Waals surface area (Å²) in [7, 11) is 0. The molecule has 1 atom stereocenters. The molecule has 1 unspecified atom stereocenters. The number of carbonyl (C=O) groups is 2. The molecule has 2 rings (SSSR count). The molecule has 96 valence electrons. The predicted molar refractivity (Wildman–Crippen MR) is 79.6 cm³/mol. The molecule has 0 saturated carbocycles. The van der Waals surface area contributed by atoms with E-state index in [1.54, 1.807) is 11.8 Å². The Labute approximate surface area is 123 Å². The van der Waals surface area contributed by atoms with Crippen LogP contribution in [0.4, 0.5) is 4.79 Å². The third kappa shape index (κ3) is 3.76. The third-order valence-corrected chi connectivity index (χ3v) is 5.37. The predicted octanol–water partition coefficient (Wildman–Crippen LogP) is 3.07. The van der Waals surface area contributed by atoms with Crippen LogP contribution in [0.25, 0.3) is 0 Å². The summed E-state index contributed by atoms with van der Waals surface area (Å²) >= 11 is 6.25. The van der Waals surface area contributed by atoms with Gasteiger partial charge in [-0.2, -0.15) is 0 Å². The van der Waals surface area contributed by atoms with Gasteiger partial charge in [0, 0.05) is 16.0 Å². The summed E-state index contributed by atoms with van der Waals surface area (Å²) in [5.74, 6) is 0.858. The molecule has 3 nitrogen and oxygen atoms in total. The summed E-state index contributed by atoms with van der Waals surface area (Å²) in [4.78, 5) is 23.7. The summed E-state index contributed by atoms with van der Waals surface area (Å²) < 4.78 is 0. The highest BCUT2D eigenvalue weighted by Gasteiger charge is 2.31. The van der Waals surface area contributed by atoms with E-state index >= 15 is 0 Å². The zero-order valence-electron chi connectivity index (χ0n) is 9.52. The van der Waals surface area contributed by atoms with Crippen LogP contribution < -0.4 is 5.32 Å². The number of hydrogen-bond acceptors (Lipinski definition) is 4. The van der Waals surface area contributed by atoms with Crippen molar-refractivity contribution in [1.82, 2.24) is 5.32 Å². The number of rotatable bonds is 5. The number of imide groups is 1. The minimum absolute atomic E-state index is 0.178. The number of carbonyl (C=O) groups excluding carboxylic acids is 2. The van der Waals surface area contributed by atoms with Gasteiger partial charge in [-0.05, 0) is 24.1 Å². The van der Waals surface area contributed by atoms with Crippen molar-refractivity contribution in [3.8, 4) is 0 Å². The fraction of sp³-hybridized carbons (Fsp3) is 0.333. The van der Waals surface area contributed by atoms with Gasteiger partial charge in [-0.25, -0.2) is 0 Å². The van der Waals surface area contributed by atoms with E-state index in [1.165, 1.54) is 4.90 Å². The lowest BCUT2D eigenvalue weighted by Crippen LogP contribution is -2.25. The molecule has 0 aliphatic carbocycles. The molecule has 1 aromatic rings. The number of halogens is 1. The van der Waals surface area contributed by atoms with E-state index in [9.17, 15) is 9.59 Å². The second-order valence-electron chi connectivity index (χ2n) is 3.77. The highest BCUT2D eigenvalue weighted by atomic mass is 79.9. The van der Waals surface area contributed by atoms with Gasteiger partial charge in [-0.1, -0.05) is 39.8 Å². The quantitative estimate of drug-likeness (QED) is 0.658. The van der Waals surface area contributed by atoms with E-state index in [1.807, 2.05) is 12.1 Å². The van der Waals surface area contributed by atoms with Crippen molar-refractivity contribution >= 4 is 50.6 Å². The topological polar surface area (TPSA) is 46.2 Å². The number of amides is 2. The van der Waals surface area contributed by atoms with Crippen molar-refractivity contribution in [1.29, 1.82) is 0 Å². The number of nitrogens with one attached hydrogen (secondary N) is 1. The van der Waals surface area contributed by atoms with Crippen LogP contribution >= 0.6 is 39.5 Å². The minimum atomic E-state index is -0.279. The molecule has 6 heteroatoms. The van der Waals surface area contributed by atoms with E-state index < -0.39 is 0 Å². The Morgan fingerprint density at radius 2 is 2.00 bits per heavy atom. The molecule has 1 saturated heterocycles. The first-order valence-corrected chi connectivity index (χ1v) is 8.47. The smallest absolute Gasteiger partial charge is 0.286 e. The summed E-state index contributed by atoms with van der Waals surface area (Å²) in [5.41, 5.74) is 1.08. The Hall–Kier alpha value is -0.460. The SMILES string of the molecule is O=C1NC(=O)C(Cc2ccc(SCCBr)cc2)S1. The largest absolute Gasteiger partial charge is 0.286 e. The molecule has 1 aromatic carbocycles. The molecule has 18 heavy (non-hydrogen) atoms. The number of benzene rings is 1. The number of thioether (sulfide) groups is 2. The Kier molecular flexibility index (Phi) is 5.14. The van der Waals surface area contributed by atoms with Crippen LogP contribution in [0.2, 0.25) is 0 Å². The van der Waals surface area contributed by atoms with Gasteiger partial charge in [-0.3, -0.25) is 14.9 Å². The minimum Gasteiger partial charge on any atom is -0.286 e. The fourth-order valence-electron chi connectivity index (χ4n) is 1.62. The molecular weight excluding hydrogens is 334 g/mol. The fourth-order valence-corrected chi connectivity index (χ4v) is 3.61. The van der Waals surface area contributed by atoms with Gasteiger partial charge < -0.3 is 0 Å². The van der Waals surface area contributed by atoms with Gasteiger partial charge in [-0.15, -0.1) is 11.8 Å². The van der Waals surface area contributed by atoms with Crippen LogP contribution in [0, 0.1) is 0 Å². The Morgan fingerprint density at radius 3 is 2.56 bits per heavy atom. The maximum atomic E-state index is 11.4. The summed E-state index contributed by atoms with van der Waals surface area (Å²) in [6.07, 6.45) is 0.603. The Bertz CT molecular complexity index is 450.